The predicted octanol–water partition coefficient (Wildman–Crippen LogP) is 3.03. The molecule has 0 atom stereocenters. The quantitative estimate of drug-likeness (QED) is 0.893. The van der Waals surface area contributed by atoms with E-state index in [-0.39, 0.29) is 5.91 Å². The van der Waals surface area contributed by atoms with Gasteiger partial charge in [0.05, 0.1) is 19.0 Å². The van der Waals surface area contributed by atoms with Crippen molar-refractivity contribution in [3.8, 4) is 5.88 Å². The largest absolute Gasteiger partial charge is 0.481 e. The van der Waals surface area contributed by atoms with E-state index in [1.54, 1.807) is 13.3 Å². The number of anilines is 1. The Morgan fingerprint density at radius 2 is 2.11 bits per heavy atom. The molecule has 1 aromatic rings. The zero-order valence-electron chi connectivity index (χ0n) is 11.8. The van der Waals surface area contributed by atoms with E-state index in [2.05, 4.69) is 17.2 Å². The highest BCUT2D eigenvalue weighted by molar-refractivity contribution is 5.95. The molecule has 0 saturated carbocycles. The molecule has 0 saturated heterocycles. The lowest BCUT2D eigenvalue weighted by atomic mass is 9.95. The molecule has 18 heavy (non-hydrogen) atoms. The van der Waals surface area contributed by atoms with Crippen molar-refractivity contribution in [1.29, 1.82) is 0 Å². The Hall–Kier alpha value is -1.58. The van der Waals surface area contributed by atoms with Crippen LogP contribution in [-0.4, -0.2) is 18.0 Å². The van der Waals surface area contributed by atoms with E-state index >= 15 is 0 Å². The first-order chi connectivity index (χ1) is 8.38. The van der Waals surface area contributed by atoms with E-state index in [1.165, 1.54) is 0 Å². The summed E-state index contributed by atoms with van der Waals surface area (Å²) in [7, 11) is 1.59. The number of hydrogen-bond acceptors (Lipinski definition) is 3. The fraction of sp³-hybridized carbons (Fsp3) is 0.571. The van der Waals surface area contributed by atoms with Gasteiger partial charge in [-0.05, 0) is 12.0 Å². The number of carbonyl (C=O) groups excluding carboxylic acids is 1. The molecule has 0 aliphatic carbocycles. The van der Waals surface area contributed by atoms with Crippen LogP contribution in [-0.2, 0) is 11.2 Å². The maximum atomic E-state index is 12.0. The van der Waals surface area contributed by atoms with Crippen LogP contribution in [0, 0.1) is 5.41 Å². The third kappa shape index (κ3) is 3.72. The second kappa shape index (κ2) is 5.85. The SMILES string of the molecule is CCCc1cc(OC)ncc1NC(=O)C(C)(C)C. The maximum Gasteiger partial charge on any atom is 0.229 e. The summed E-state index contributed by atoms with van der Waals surface area (Å²) in [5, 5.41) is 2.93. The third-order valence-corrected chi connectivity index (χ3v) is 2.62. The second-order valence-electron chi connectivity index (χ2n) is 5.34. The average molecular weight is 250 g/mol. The monoisotopic (exact) mass is 250 g/mol. The van der Waals surface area contributed by atoms with Crippen molar-refractivity contribution in [3.05, 3.63) is 17.8 Å². The minimum absolute atomic E-state index is 0.00757. The molecule has 1 rings (SSSR count). The van der Waals surface area contributed by atoms with Crippen LogP contribution in [0.3, 0.4) is 0 Å². The van der Waals surface area contributed by atoms with Crippen molar-refractivity contribution >= 4 is 11.6 Å². The summed E-state index contributed by atoms with van der Waals surface area (Å²) >= 11 is 0. The predicted molar refractivity (Wildman–Crippen MR) is 72.9 cm³/mol. The van der Waals surface area contributed by atoms with Crippen LogP contribution in [0.1, 0.15) is 39.7 Å². The van der Waals surface area contributed by atoms with Gasteiger partial charge in [0.25, 0.3) is 0 Å². The smallest absolute Gasteiger partial charge is 0.229 e. The van der Waals surface area contributed by atoms with Crippen molar-refractivity contribution in [3.63, 3.8) is 0 Å². The number of ether oxygens (including phenoxy) is 1. The van der Waals surface area contributed by atoms with Crippen LogP contribution in [0.25, 0.3) is 0 Å². The number of nitrogens with one attached hydrogen (secondary N) is 1. The van der Waals surface area contributed by atoms with Gasteiger partial charge in [0.2, 0.25) is 11.8 Å². The Morgan fingerprint density at radius 1 is 1.44 bits per heavy atom. The molecule has 0 fully saturated rings. The Kier molecular flexibility index (Phi) is 4.70. The molecule has 0 aromatic carbocycles. The molecule has 1 heterocycles. The lowest BCUT2D eigenvalue weighted by Crippen LogP contribution is -2.28. The Labute approximate surface area is 109 Å². The van der Waals surface area contributed by atoms with E-state index in [1.807, 2.05) is 26.8 Å². The van der Waals surface area contributed by atoms with E-state index in [0.717, 1.165) is 24.1 Å². The molecule has 0 spiro atoms. The van der Waals surface area contributed by atoms with E-state index in [0.29, 0.717) is 5.88 Å². The van der Waals surface area contributed by atoms with Gasteiger partial charge in [-0.25, -0.2) is 4.98 Å². The molecule has 4 nitrogen and oxygen atoms in total. The molecule has 100 valence electrons. The molecule has 4 heteroatoms. The highest BCUT2D eigenvalue weighted by Gasteiger charge is 2.22. The maximum absolute atomic E-state index is 12.0. The lowest BCUT2D eigenvalue weighted by Gasteiger charge is -2.19. The van der Waals surface area contributed by atoms with Gasteiger partial charge in [0.15, 0.2) is 0 Å². The van der Waals surface area contributed by atoms with Gasteiger partial charge in [-0.3, -0.25) is 4.79 Å². The number of pyridine rings is 1. The Morgan fingerprint density at radius 3 is 2.61 bits per heavy atom. The molecule has 0 bridgehead atoms. The molecule has 0 radical (unpaired) electrons. The topological polar surface area (TPSA) is 51.2 Å². The Balaban J connectivity index is 2.97. The number of methoxy groups -OCH3 is 1. The van der Waals surface area contributed by atoms with Crippen molar-refractivity contribution < 1.29 is 9.53 Å². The number of amides is 1. The molecule has 0 aliphatic heterocycles. The van der Waals surface area contributed by atoms with Gasteiger partial charge in [0, 0.05) is 11.5 Å². The number of aromatic nitrogens is 1. The standard InChI is InChI=1S/C14H22N2O2/c1-6-7-10-8-12(18-5)15-9-11(10)16-13(17)14(2,3)4/h8-9H,6-7H2,1-5H3,(H,16,17). The highest BCUT2D eigenvalue weighted by Crippen LogP contribution is 2.23. The van der Waals surface area contributed by atoms with Crippen LogP contribution >= 0.6 is 0 Å². The van der Waals surface area contributed by atoms with Crippen LogP contribution in [0.2, 0.25) is 0 Å². The van der Waals surface area contributed by atoms with Crippen LogP contribution in [0.4, 0.5) is 5.69 Å². The molecular formula is C14H22N2O2. The Bertz CT molecular complexity index is 422. The zero-order valence-corrected chi connectivity index (χ0v) is 11.8. The fourth-order valence-electron chi connectivity index (χ4n) is 1.49. The summed E-state index contributed by atoms with van der Waals surface area (Å²) in [6.07, 6.45) is 3.55. The summed E-state index contributed by atoms with van der Waals surface area (Å²) in [6, 6.07) is 1.88. The first-order valence-electron chi connectivity index (χ1n) is 6.22. The molecule has 1 N–H and O–H groups in total. The van der Waals surface area contributed by atoms with Gasteiger partial charge in [-0.15, -0.1) is 0 Å². The number of hydrogen-bond donors (Lipinski definition) is 1. The molecule has 1 aromatic heterocycles. The van der Waals surface area contributed by atoms with Gasteiger partial charge < -0.3 is 10.1 Å². The summed E-state index contributed by atoms with van der Waals surface area (Å²) in [5.41, 5.74) is 1.42. The summed E-state index contributed by atoms with van der Waals surface area (Å²) in [4.78, 5) is 16.1. The zero-order chi connectivity index (χ0) is 13.8. The number of aryl methyl sites for hydroxylation is 1. The first-order valence-corrected chi connectivity index (χ1v) is 6.22. The number of nitrogens with zero attached hydrogens (tertiary/aromatic N) is 1. The van der Waals surface area contributed by atoms with Gasteiger partial charge in [-0.1, -0.05) is 34.1 Å². The van der Waals surface area contributed by atoms with Gasteiger partial charge >= 0.3 is 0 Å². The van der Waals surface area contributed by atoms with E-state index in [9.17, 15) is 4.79 Å². The number of carbonyl (C=O) groups is 1. The lowest BCUT2D eigenvalue weighted by molar-refractivity contribution is -0.123. The number of rotatable bonds is 4. The van der Waals surface area contributed by atoms with Crippen LogP contribution < -0.4 is 10.1 Å². The first kappa shape index (κ1) is 14.5. The van der Waals surface area contributed by atoms with Crippen molar-refractivity contribution in [1.82, 2.24) is 4.98 Å². The van der Waals surface area contributed by atoms with E-state index in [4.69, 9.17) is 4.74 Å². The molecule has 0 unspecified atom stereocenters. The van der Waals surface area contributed by atoms with Crippen LogP contribution in [0.5, 0.6) is 5.88 Å². The highest BCUT2D eigenvalue weighted by atomic mass is 16.5. The fourth-order valence-corrected chi connectivity index (χ4v) is 1.49. The van der Waals surface area contributed by atoms with Crippen molar-refractivity contribution in [2.45, 2.75) is 40.5 Å². The third-order valence-electron chi connectivity index (χ3n) is 2.62. The van der Waals surface area contributed by atoms with Gasteiger partial charge in [-0.2, -0.15) is 0 Å². The molecule has 1 amide bonds. The minimum Gasteiger partial charge on any atom is -0.481 e. The summed E-state index contributed by atoms with van der Waals surface area (Å²) in [6.45, 7) is 7.76. The normalized spacial score (nSPS) is 11.2. The van der Waals surface area contributed by atoms with E-state index < -0.39 is 5.41 Å². The summed E-state index contributed by atoms with van der Waals surface area (Å²) in [5.74, 6) is 0.569. The molecular weight excluding hydrogens is 228 g/mol. The van der Waals surface area contributed by atoms with Gasteiger partial charge in [0.1, 0.15) is 0 Å². The van der Waals surface area contributed by atoms with Crippen molar-refractivity contribution in [2.24, 2.45) is 5.41 Å². The van der Waals surface area contributed by atoms with Crippen molar-refractivity contribution in [2.75, 3.05) is 12.4 Å². The average Bonchev–Trinajstić information content (AvgIpc) is 2.30. The van der Waals surface area contributed by atoms with Crippen LogP contribution in [0.15, 0.2) is 12.3 Å². The molecule has 0 aliphatic rings. The minimum atomic E-state index is -0.413. The second-order valence-corrected chi connectivity index (χ2v) is 5.34. The summed E-state index contributed by atoms with van der Waals surface area (Å²) < 4.78 is 5.10.